The second-order valence-corrected chi connectivity index (χ2v) is 4.24. The predicted octanol–water partition coefficient (Wildman–Crippen LogP) is 2.87. The van der Waals surface area contributed by atoms with Crippen LogP contribution in [-0.4, -0.2) is 18.6 Å². The van der Waals surface area contributed by atoms with E-state index in [4.69, 9.17) is 4.74 Å². The smallest absolute Gasteiger partial charge is 0.426 e. The molecule has 0 fully saturated rings. The lowest BCUT2D eigenvalue weighted by molar-refractivity contribution is 0.0912. The number of nitrogens with one attached hydrogen (secondary N) is 2. The number of hydrazine groups is 1. The van der Waals surface area contributed by atoms with E-state index in [2.05, 4.69) is 15.6 Å². The summed E-state index contributed by atoms with van der Waals surface area (Å²) in [4.78, 5) is 22.9. The maximum atomic E-state index is 11.8. The van der Waals surface area contributed by atoms with Gasteiger partial charge in [0.15, 0.2) is 0 Å². The molecule has 0 aromatic heterocycles. The number of benzene rings is 2. The maximum absolute atomic E-state index is 11.8. The average Bonchev–Trinajstić information content (AvgIpc) is 2.54. The van der Waals surface area contributed by atoms with Gasteiger partial charge in [-0.15, -0.1) is 0 Å². The standard InChI is InChI=1S/C16H16N2O4/c1-2-21-16(20)18-17-15(19)12-8-10-14(11-9-12)22-13-6-4-3-5-7-13/h3-11H,2H2,1H3,(H,17,19)(H,18,20). The van der Waals surface area contributed by atoms with Crippen molar-refractivity contribution >= 4 is 12.0 Å². The summed E-state index contributed by atoms with van der Waals surface area (Å²) in [6.07, 6.45) is -0.708. The third-order valence-electron chi connectivity index (χ3n) is 2.65. The molecule has 0 saturated heterocycles. The van der Waals surface area contributed by atoms with Crippen molar-refractivity contribution in [3.63, 3.8) is 0 Å². The van der Waals surface area contributed by atoms with Gasteiger partial charge in [-0.3, -0.25) is 10.2 Å². The first-order chi connectivity index (χ1) is 10.7. The van der Waals surface area contributed by atoms with Gasteiger partial charge in [-0.25, -0.2) is 10.2 Å². The van der Waals surface area contributed by atoms with Crippen LogP contribution in [0, 0.1) is 0 Å². The summed E-state index contributed by atoms with van der Waals surface area (Å²) in [6, 6.07) is 15.9. The molecule has 2 amide bonds. The van der Waals surface area contributed by atoms with Gasteiger partial charge in [0.05, 0.1) is 6.61 Å². The second kappa shape index (κ2) is 7.68. The summed E-state index contributed by atoms with van der Waals surface area (Å²) in [5.74, 6) is 0.879. The Bertz CT molecular complexity index is 626. The molecule has 2 aromatic carbocycles. The van der Waals surface area contributed by atoms with Gasteiger partial charge in [0.2, 0.25) is 0 Å². The average molecular weight is 300 g/mol. The third-order valence-corrected chi connectivity index (χ3v) is 2.65. The molecule has 114 valence electrons. The zero-order chi connectivity index (χ0) is 15.8. The molecule has 0 radical (unpaired) electrons. The van der Waals surface area contributed by atoms with E-state index in [1.165, 1.54) is 0 Å². The van der Waals surface area contributed by atoms with E-state index < -0.39 is 12.0 Å². The monoisotopic (exact) mass is 300 g/mol. The van der Waals surface area contributed by atoms with Crippen molar-refractivity contribution in [1.82, 2.24) is 10.9 Å². The number of para-hydroxylation sites is 1. The highest BCUT2D eigenvalue weighted by molar-refractivity contribution is 5.95. The Hall–Kier alpha value is -3.02. The number of ether oxygens (including phenoxy) is 2. The van der Waals surface area contributed by atoms with E-state index in [-0.39, 0.29) is 6.61 Å². The fourth-order valence-corrected chi connectivity index (χ4v) is 1.65. The topological polar surface area (TPSA) is 76.7 Å². The minimum atomic E-state index is -0.708. The number of rotatable bonds is 4. The van der Waals surface area contributed by atoms with Crippen LogP contribution in [0.3, 0.4) is 0 Å². The van der Waals surface area contributed by atoms with E-state index in [9.17, 15) is 9.59 Å². The molecule has 0 aliphatic carbocycles. The quantitative estimate of drug-likeness (QED) is 0.851. The molecule has 0 spiro atoms. The number of carbonyl (C=O) groups excluding carboxylic acids is 2. The summed E-state index contributed by atoms with van der Waals surface area (Å²) in [7, 11) is 0. The lowest BCUT2D eigenvalue weighted by Crippen LogP contribution is -2.41. The van der Waals surface area contributed by atoms with Crippen LogP contribution in [0.5, 0.6) is 11.5 Å². The van der Waals surface area contributed by atoms with Crippen molar-refractivity contribution in [2.45, 2.75) is 6.92 Å². The fraction of sp³-hybridized carbons (Fsp3) is 0.125. The zero-order valence-corrected chi connectivity index (χ0v) is 12.0. The summed E-state index contributed by atoms with van der Waals surface area (Å²) in [5.41, 5.74) is 4.78. The fourth-order valence-electron chi connectivity index (χ4n) is 1.65. The van der Waals surface area contributed by atoms with Gasteiger partial charge in [-0.1, -0.05) is 18.2 Å². The van der Waals surface area contributed by atoms with Crippen LogP contribution in [-0.2, 0) is 4.74 Å². The third kappa shape index (κ3) is 4.52. The molecule has 0 saturated carbocycles. The summed E-state index contributed by atoms with van der Waals surface area (Å²) in [6.45, 7) is 1.90. The highest BCUT2D eigenvalue weighted by Crippen LogP contribution is 2.20. The molecule has 0 heterocycles. The highest BCUT2D eigenvalue weighted by atomic mass is 16.6. The van der Waals surface area contributed by atoms with Gasteiger partial charge in [0, 0.05) is 5.56 Å². The molecule has 0 atom stereocenters. The largest absolute Gasteiger partial charge is 0.457 e. The maximum Gasteiger partial charge on any atom is 0.426 e. The second-order valence-electron chi connectivity index (χ2n) is 4.24. The van der Waals surface area contributed by atoms with Gasteiger partial charge >= 0.3 is 6.09 Å². The van der Waals surface area contributed by atoms with Crippen LogP contribution < -0.4 is 15.6 Å². The van der Waals surface area contributed by atoms with Gasteiger partial charge in [-0.05, 0) is 43.3 Å². The molecule has 22 heavy (non-hydrogen) atoms. The molecule has 2 N–H and O–H groups in total. The minimum absolute atomic E-state index is 0.229. The van der Waals surface area contributed by atoms with Crippen molar-refractivity contribution in [2.24, 2.45) is 0 Å². The number of hydrogen-bond donors (Lipinski definition) is 2. The Balaban J connectivity index is 1.91. The normalized spacial score (nSPS) is 9.68. The Morgan fingerprint density at radius 1 is 0.909 bits per heavy atom. The summed E-state index contributed by atoms with van der Waals surface area (Å²) < 4.78 is 10.3. The Labute approximate surface area is 128 Å². The van der Waals surface area contributed by atoms with E-state index >= 15 is 0 Å². The van der Waals surface area contributed by atoms with Crippen molar-refractivity contribution in [1.29, 1.82) is 0 Å². The first-order valence-corrected chi connectivity index (χ1v) is 6.75. The molecular weight excluding hydrogens is 284 g/mol. The van der Waals surface area contributed by atoms with Crippen molar-refractivity contribution in [3.8, 4) is 11.5 Å². The van der Waals surface area contributed by atoms with Crippen LogP contribution in [0.1, 0.15) is 17.3 Å². The zero-order valence-electron chi connectivity index (χ0n) is 12.0. The molecule has 2 rings (SSSR count). The molecule has 0 unspecified atom stereocenters. The first kappa shape index (κ1) is 15.4. The van der Waals surface area contributed by atoms with Crippen LogP contribution in [0.2, 0.25) is 0 Å². The predicted molar refractivity (Wildman–Crippen MR) is 80.6 cm³/mol. The molecular formula is C16H16N2O4. The van der Waals surface area contributed by atoms with Crippen molar-refractivity contribution in [3.05, 3.63) is 60.2 Å². The number of carbonyl (C=O) groups is 2. The number of amides is 2. The van der Waals surface area contributed by atoms with Crippen LogP contribution >= 0.6 is 0 Å². The Morgan fingerprint density at radius 2 is 1.55 bits per heavy atom. The van der Waals surface area contributed by atoms with E-state index in [1.54, 1.807) is 31.2 Å². The van der Waals surface area contributed by atoms with Crippen LogP contribution in [0.4, 0.5) is 4.79 Å². The lowest BCUT2D eigenvalue weighted by Gasteiger charge is -2.08. The molecule has 6 nitrogen and oxygen atoms in total. The molecule has 0 aliphatic rings. The highest BCUT2D eigenvalue weighted by Gasteiger charge is 2.07. The lowest BCUT2D eigenvalue weighted by atomic mass is 10.2. The SMILES string of the molecule is CCOC(=O)NNC(=O)c1ccc(Oc2ccccc2)cc1. The van der Waals surface area contributed by atoms with Crippen LogP contribution in [0.25, 0.3) is 0 Å². The molecule has 0 aliphatic heterocycles. The van der Waals surface area contributed by atoms with E-state index in [1.807, 2.05) is 30.3 Å². The minimum Gasteiger partial charge on any atom is -0.457 e. The molecule has 0 bridgehead atoms. The van der Waals surface area contributed by atoms with E-state index in [0.717, 1.165) is 0 Å². The van der Waals surface area contributed by atoms with Gasteiger partial charge in [0.25, 0.3) is 5.91 Å². The van der Waals surface area contributed by atoms with Gasteiger partial charge < -0.3 is 9.47 Å². The van der Waals surface area contributed by atoms with Crippen molar-refractivity contribution in [2.75, 3.05) is 6.61 Å². The molecule has 2 aromatic rings. The molecule has 6 heteroatoms. The Morgan fingerprint density at radius 3 is 2.18 bits per heavy atom. The number of hydrogen-bond acceptors (Lipinski definition) is 4. The van der Waals surface area contributed by atoms with Gasteiger partial charge in [-0.2, -0.15) is 0 Å². The van der Waals surface area contributed by atoms with Crippen molar-refractivity contribution < 1.29 is 19.1 Å². The van der Waals surface area contributed by atoms with E-state index in [0.29, 0.717) is 17.1 Å². The Kier molecular flexibility index (Phi) is 5.37. The van der Waals surface area contributed by atoms with Gasteiger partial charge in [0.1, 0.15) is 11.5 Å². The summed E-state index contributed by atoms with van der Waals surface area (Å²) >= 11 is 0. The van der Waals surface area contributed by atoms with Crippen LogP contribution in [0.15, 0.2) is 54.6 Å². The summed E-state index contributed by atoms with van der Waals surface area (Å²) in [5, 5.41) is 0. The first-order valence-electron chi connectivity index (χ1n) is 6.75.